The van der Waals surface area contributed by atoms with Crippen LogP contribution < -0.4 is 10.1 Å². The van der Waals surface area contributed by atoms with E-state index < -0.39 is 0 Å². The first-order chi connectivity index (χ1) is 11.3. The molecule has 1 aromatic carbocycles. The summed E-state index contributed by atoms with van der Waals surface area (Å²) < 4.78 is 10.9. The number of amides is 1. The highest BCUT2D eigenvalue weighted by atomic mass is 16.5. The molecule has 5 nitrogen and oxygen atoms in total. The molecule has 1 amide bonds. The average molecular weight is 314 g/mol. The molecule has 1 heterocycles. The fourth-order valence-electron chi connectivity index (χ4n) is 2.77. The number of nitrogens with zero attached hydrogens (tertiary/aromatic N) is 1. The second-order valence-electron chi connectivity index (χ2n) is 5.83. The summed E-state index contributed by atoms with van der Waals surface area (Å²) in [6.45, 7) is 2.83. The van der Waals surface area contributed by atoms with E-state index >= 15 is 0 Å². The quantitative estimate of drug-likeness (QED) is 0.785. The normalized spacial score (nSPS) is 12.9. The zero-order valence-electron chi connectivity index (χ0n) is 13.4. The molecule has 0 spiro atoms. The number of unbranched alkanes of at least 4 members (excludes halogenated alkanes) is 2. The van der Waals surface area contributed by atoms with Gasteiger partial charge in [0.2, 0.25) is 5.88 Å². The van der Waals surface area contributed by atoms with Gasteiger partial charge in [0.25, 0.3) is 5.91 Å². The van der Waals surface area contributed by atoms with Crippen molar-refractivity contribution in [2.75, 3.05) is 11.9 Å². The lowest BCUT2D eigenvalue weighted by Gasteiger charge is -2.08. The van der Waals surface area contributed by atoms with Crippen molar-refractivity contribution in [2.45, 2.75) is 45.4 Å². The van der Waals surface area contributed by atoms with Gasteiger partial charge in [0.1, 0.15) is 5.75 Å². The first kappa shape index (κ1) is 15.6. The molecule has 23 heavy (non-hydrogen) atoms. The SMILES string of the molecule is CCCCCOc1cccc(C(=O)Nc2onc3c2CCC3)c1. The third-order valence-electron chi connectivity index (χ3n) is 4.05. The Kier molecular flexibility index (Phi) is 4.95. The molecule has 1 aliphatic carbocycles. The summed E-state index contributed by atoms with van der Waals surface area (Å²) in [6, 6.07) is 7.23. The topological polar surface area (TPSA) is 64.4 Å². The van der Waals surface area contributed by atoms with Crippen LogP contribution in [-0.2, 0) is 12.8 Å². The second-order valence-corrected chi connectivity index (χ2v) is 5.83. The van der Waals surface area contributed by atoms with Crippen molar-refractivity contribution in [3.63, 3.8) is 0 Å². The van der Waals surface area contributed by atoms with Crippen molar-refractivity contribution in [2.24, 2.45) is 0 Å². The maximum Gasteiger partial charge on any atom is 0.258 e. The summed E-state index contributed by atoms with van der Waals surface area (Å²) in [5.41, 5.74) is 2.56. The monoisotopic (exact) mass is 314 g/mol. The third kappa shape index (κ3) is 3.73. The van der Waals surface area contributed by atoms with Crippen LogP contribution in [0.4, 0.5) is 5.88 Å². The van der Waals surface area contributed by atoms with Crippen LogP contribution in [0, 0.1) is 0 Å². The van der Waals surface area contributed by atoms with E-state index in [4.69, 9.17) is 9.26 Å². The fraction of sp³-hybridized carbons (Fsp3) is 0.444. The second kappa shape index (κ2) is 7.31. The smallest absolute Gasteiger partial charge is 0.258 e. The van der Waals surface area contributed by atoms with Crippen LogP contribution in [0.5, 0.6) is 5.75 Å². The van der Waals surface area contributed by atoms with Gasteiger partial charge in [-0.3, -0.25) is 10.1 Å². The molecular formula is C18H22N2O3. The number of fused-ring (bicyclic) bond motifs is 1. The first-order valence-corrected chi connectivity index (χ1v) is 8.29. The number of rotatable bonds is 7. The Balaban J connectivity index is 1.62. The number of nitrogens with one attached hydrogen (secondary N) is 1. The zero-order valence-corrected chi connectivity index (χ0v) is 13.4. The predicted molar refractivity (Wildman–Crippen MR) is 87.9 cm³/mol. The number of aryl methyl sites for hydroxylation is 1. The minimum Gasteiger partial charge on any atom is -0.494 e. The molecule has 1 aromatic heterocycles. The molecule has 122 valence electrons. The minimum absolute atomic E-state index is 0.199. The van der Waals surface area contributed by atoms with Crippen molar-refractivity contribution in [3.05, 3.63) is 41.1 Å². The lowest BCUT2D eigenvalue weighted by molar-refractivity contribution is 0.102. The Morgan fingerprint density at radius 3 is 3.13 bits per heavy atom. The first-order valence-electron chi connectivity index (χ1n) is 8.29. The molecule has 5 heteroatoms. The van der Waals surface area contributed by atoms with E-state index in [2.05, 4.69) is 17.4 Å². The van der Waals surface area contributed by atoms with Gasteiger partial charge in [0.05, 0.1) is 12.3 Å². The van der Waals surface area contributed by atoms with Gasteiger partial charge in [-0.1, -0.05) is 31.0 Å². The molecule has 0 bridgehead atoms. The van der Waals surface area contributed by atoms with Crippen LogP contribution in [-0.4, -0.2) is 17.7 Å². The predicted octanol–water partition coefficient (Wildman–Crippen LogP) is 3.98. The molecular weight excluding hydrogens is 292 g/mol. The largest absolute Gasteiger partial charge is 0.494 e. The number of carbonyl (C=O) groups excluding carboxylic acids is 1. The van der Waals surface area contributed by atoms with E-state index in [1.807, 2.05) is 12.1 Å². The third-order valence-corrected chi connectivity index (χ3v) is 4.05. The molecule has 0 saturated carbocycles. The molecule has 0 atom stereocenters. The van der Waals surface area contributed by atoms with Gasteiger partial charge in [-0.05, 0) is 43.9 Å². The van der Waals surface area contributed by atoms with Crippen molar-refractivity contribution >= 4 is 11.8 Å². The van der Waals surface area contributed by atoms with Crippen molar-refractivity contribution < 1.29 is 14.1 Å². The van der Waals surface area contributed by atoms with Gasteiger partial charge in [0, 0.05) is 11.1 Å². The van der Waals surface area contributed by atoms with Gasteiger partial charge >= 0.3 is 0 Å². The average Bonchev–Trinajstić information content (AvgIpc) is 3.17. The summed E-state index contributed by atoms with van der Waals surface area (Å²) in [6.07, 6.45) is 6.24. The van der Waals surface area contributed by atoms with Gasteiger partial charge in [0.15, 0.2) is 0 Å². The van der Waals surface area contributed by atoms with Crippen LogP contribution in [0.15, 0.2) is 28.8 Å². The maximum absolute atomic E-state index is 12.4. The number of carbonyl (C=O) groups is 1. The van der Waals surface area contributed by atoms with Crippen molar-refractivity contribution in [3.8, 4) is 5.75 Å². The number of hydrogen-bond acceptors (Lipinski definition) is 4. The number of ether oxygens (including phenoxy) is 1. The van der Waals surface area contributed by atoms with Crippen LogP contribution in [0.1, 0.15) is 54.2 Å². The summed E-state index contributed by atoms with van der Waals surface area (Å²) in [5.74, 6) is 1.00. The van der Waals surface area contributed by atoms with Gasteiger partial charge in [-0.25, -0.2) is 0 Å². The van der Waals surface area contributed by atoms with Crippen LogP contribution in [0.3, 0.4) is 0 Å². The molecule has 1 N–H and O–H groups in total. The zero-order chi connectivity index (χ0) is 16.1. The van der Waals surface area contributed by atoms with Crippen LogP contribution >= 0.6 is 0 Å². The summed E-state index contributed by atoms with van der Waals surface area (Å²) >= 11 is 0. The van der Waals surface area contributed by atoms with Gasteiger partial charge < -0.3 is 9.26 Å². The minimum atomic E-state index is -0.199. The Morgan fingerprint density at radius 2 is 2.26 bits per heavy atom. The molecule has 1 aliphatic rings. The van der Waals surface area contributed by atoms with Gasteiger partial charge in [-0.15, -0.1) is 0 Å². The fourth-order valence-corrected chi connectivity index (χ4v) is 2.77. The van der Waals surface area contributed by atoms with E-state index in [-0.39, 0.29) is 5.91 Å². The molecule has 0 unspecified atom stereocenters. The lowest BCUT2D eigenvalue weighted by Crippen LogP contribution is -2.12. The molecule has 0 aliphatic heterocycles. The van der Waals surface area contributed by atoms with Crippen LogP contribution in [0.25, 0.3) is 0 Å². The van der Waals surface area contributed by atoms with E-state index in [9.17, 15) is 4.79 Å². The number of aromatic nitrogens is 1. The lowest BCUT2D eigenvalue weighted by atomic mass is 10.2. The summed E-state index contributed by atoms with van der Waals surface area (Å²) in [7, 11) is 0. The maximum atomic E-state index is 12.4. The van der Waals surface area contributed by atoms with Crippen LogP contribution in [0.2, 0.25) is 0 Å². The molecule has 3 rings (SSSR count). The number of hydrogen-bond donors (Lipinski definition) is 1. The summed E-state index contributed by atoms with van der Waals surface area (Å²) in [4.78, 5) is 12.4. The highest BCUT2D eigenvalue weighted by Gasteiger charge is 2.22. The highest BCUT2D eigenvalue weighted by Crippen LogP contribution is 2.28. The Bertz CT molecular complexity index is 679. The number of anilines is 1. The molecule has 0 radical (unpaired) electrons. The van der Waals surface area contributed by atoms with E-state index in [0.29, 0.717) is 18.1 Å². The molecule has 0 fully saturated rings. The number of benzene rings is 1. The Hall–Kier alpha value is -2.30. The molecule has 2 aromatic rings. The summed E-state index contributed by atoms with van der Waals surface area (Å²) in [5, 5.41) is 6.82. The van der Waals surface area contributed by atoms with Crippen molar-refractivity contribution in [1.29, 1.82) is 0 Å². The standard InChI is InChI=1S/C18H22N2O3/c1-2-3-4-11-22-14-8-5-7-13(12-14)17(21)19-18-15-9-6-10-16(15)20-23-18/h5,7-8,12H,2-4,6,9-11H2,1H3,(H,19,21). The van der Waals surface area contributed by atoms with E-state index in [0.717, 1.165) is 55.5 Å². The van der Waals surface area contributed by atoms with E-state index in [1.54, 1.807) is 12.1 Å². The molecule has 0 saturated heterocycles. The van der Waals surface area contributed by atoms with E-state index in [1.165, 1.54) is 0 Å². The van der Waals surface area contributed by atoms with Crippen molar-refractivity contribution in [1.82, 2.24) is 5.16 Å². The Labute approximate surface area is 136 Å². The highest BCUT2D eigenvalue weighted by molar-refractivity contribution is 6.04. The van der Waals surface area contributed by atoms with Gasteiger partial charge in [-0.2, -0.15) is 0 Å². The Morgan fingerprint density at radius 1 is 1.35 bits per heavy atom.